The molecule has 1 spiro atoms. The van der Waals surface area contributed by atoms with Crippen LogP contribution in [0.3, 0.4) is 0 Å². The van der Waals surface area contributed by atoms with Gasteiger partial charge in [0.2, 0.25) is 11.8 Å². The van der Waals surface area contributed by atoms with Gasteiger partial charge < -0.3 is 20.1 Å². The van der Waals surface area contributed by atoms with Gasteiger partial charge in [-0.2, -0.15) is 13.8 Å². The average Bonchev–Trinajstić information content (AvgIpc) is 2.87. The maximum atomic E-state index is 12.1. The third-order valence-corrected chi connectivity index (χ3v) is 4.25. The highest BCUT2D eigenvalue weighted by Crippen LogP contribution is 2.45. The molecule has 1 aliphatic heterocycles. The van der Waals surface area contributed by atoms with E-state index in [1.807, 2.05) is 0 Å². The van der Waals surface area contributed by atoms with Gasteiger partial charge in [0.05, 0.1) is 12.4 Å². The van der Waals surface area contributed by atoms with Gasteiger partial charge in [0.15, 0.2) is 5.82 Å². The summed E-state index contributed by atoms with van der Waals surface area (Å²) in [6.45, 7) is -0.805. The van der Waals surface area contributed by atoms with Crippen molar-refractivity contribution in [1.29, 1.82) is 0 Å². The first-order chi connectivity index (χ1) is 11.6. The second kappa shape index (κ2) is 5.86. The van der Waals surface area contributed by atoms with Crippen LogP contribution in [-0.2, 0) is 0 Å². The smallest absolute Gasteiger partial charge is 0.388 e. The van der Waals surface area contributed by atoms with Crippen LogP contribution >= 0.6 is 0 Å². The SMILES string of the molecule is FC(F)Oc1cc(Nc2cncc(OC3CC4(CNC4)C3)n2)[nH]n1. The molecule has 0 aromatic carbocycles. The molecule has 0 unspecified atom stereocenters. The van der Waals surface area contributed by atoms with Gasteiger partial charge in [-0.3, -0.25) is 10.1 Å². The molecule has 8 nitrogen and oxygen atoms in total. The summed E-state index contributed by atoms with van der Waals surface area (Å²) in [7, 11) is 0. The first-order valence-corrected chi connectivity index (χ1v) is 7.57. The Morgan fingerprint density at radius 1 is 1.25 bits per heavy atom. The number of aromatic amines is 1. The molecular weight excluding hydrogens is 322 g/mol. The third-order valence-electron chi connectivity index (χ3n) is 4.25. The summed E-state index contributed by atoms with van der Waals surface area (Å²) in [4.78, 5) is 8.37. The van der Waals surface area contributed by atoms with E-state index < -0.39 is 6.61 Å². The second-order valence-electron chi connectivity index (χ2n) is 6.12. The summed E-state index contributed by atoms with van der Waals surface area (Å²) in [6, 6.07) is 1.31. The molecule has 128 valence electrons. The first kappa shape index (κ1) is 15.1. The van der Waals surface area contributed by atoms with E-state index in [9.17, 15) is 8.78 Å². The number of ether oxygens (including phenoxy) is 2. The van der Waals surface area contributed by atoms with E-state index in [0.717, 1.165) is 25.9 Å². The lowest BCUT2D eigenvalue weighted by Crippen LogP contribution is -2.62. The molecule has 3 heterocycles. The van der Waals surface area contributed by atoms with Crippen LogP contribution in [0, 0.1) is 5.41 Å². The third kappa shape index (κ3) is 3.09. The minimum absolute atomic E-state index is 0.162. The number of halogens is 2. The number of aromatic nitrogens is 4. The molecule has 2 aliphatic rings. The van der Waals surface area contributed by atoms with Crippen molar-refractivity contribution in [2.75, 3.05) is 18.4 Å². The molecule has 2 fully saturated rings. The lowest BCUT2D eigenvalue weighted by atomic mass is 9.63. The fraction of sp³-hybridized carbons (Fsp3) is 0.500. The molecule has 1 saturated carbocycles. The van der Waals surface area contributed by atoms with Crippen molar-refractivity contribution in [3.05, 3.63) is 18.5 Å². The van der Waals surface area contributed by atoms with Crippen LogP contribution in [0.5, 0.6) is 11.8 Å². The van der Waals surface area contributed by atoms with Crippen molar-refractivity contribution in [3.63, 3.8) is 0 Å². The average molecular weight is 338 g/mol. The Hall–Kier alpha value is -2.49. The quantitative estimate of drug-likeness (QED) is 0.737. The van der Waals surface area contributed by atoms with Gasteiger partial charge in [-0.15, -0.1) is 5.10 Å². The molecule has 0 amide bonds. The molecule has 24 heavy (non-hydrogen) atoms. The maximum absolute atomic E-state index is 12.1. The second-order valence-corrected chi connectivity index (χ2v) is 6.12. The molecule has 0 radical (unpaired) electrons. The molecule has 4 rings (SSSR count). The van der Waals surface area contributed by atoms with Gasteiger partial charge in [0.25, 0.3) is 0 Å². The van der Waals surface area contributed by atoms with Crippen LogP contribution in [0.4, 0.5) is 20.4 Å². The Labute approximate surface area is 136 Å². The molecule has 0 bridgehead atoms. The van der Waals surface area contributed by atoms with Crippen molar-refractivity contribution in [2.45, 2.75) is 25.6 Å². The summed E-state index contributed by atoms with van der Waals surface area (Å²) in [6.07, 6.45) is 5.25. The molecule has 10 heteroatoms. The molecule has 2 aromatic rings. The number of hydrogen-bond donors (Lipinski definition) is 3. The first-order valence-electron chi connectivity index (χ1n) is 7.57. The lowest BCUT2D eigenvalue weighted by molar-refractivity contribution is -0.0529. The van der Waals surface area contributed by atoms with E-state index >= 15 is 0 Å². The van der Waals surface area contributed by atoms with Crippen LogP contribution < -0.4 is 20.1 Å². The van der Waals surface area contributed by atoms with E-state index in [0.29, 0.717) is 22.9 Å². The van der Waals surface area contributed by atoms with Crippen molar-refractivity contribution in [2.24, 2.45) is 5.41 Å². The van der Waals surface area contributed by atoms with E-state index in [1.165, 1.54) is 12.3 Å². The van der Waals surface area contributed by atoms with Gasteiger partial charge in [0, 0.05) is 24.6 Å². The van der Waals surface area contributed by atoms with Crippen molar-refractivity contribution in [3.8, 4) is 11.8 Å². The summed E-state index contributed by atoms with van der Waals surface area (Å²) in [5, 5.41) is 12.3. The lowest BCUT2D eigenvalue weighted by Gasteiger charge is -2.53. The Bertz CT molecular complexity index is 713. The van der Waals surface area contributed by atoms with Crippen LogP contribution in [0.2, 0.25) is 0 Å². The summed E-state index contributed by atoms with van der Waals surface area (Å²) < 4.78 is 34.2. The summed E-state index contributed by atoms with van der Waals surface area (Å²) in [5.41, 5.74) is 0.422. The Kier molecular flexibility index (Phi) is 3.68. The van der Waals surface area contributed by atoms with Crippen LogP contribution in [-0.4, -0.2) is 46.0 Å². The molecule has 1 saturated heterocycles. The van der Waals surface area contributed by atoms with Gasteiger partial charge in [0.1, 0.15) is 11.9 Å². The zero-order chi connectivity index (χ0) is 16.6. The van der Waals surface area contributed by atoms with E-state index in [2.05, 4.69) is 35.5 Å². The zero-order valence-corrected chi connectivity index (χ0v) is 12.6. The van der Waals surface area contributed by atoms with E-state index in [-0.39, 0.29) is 12.0 Å². The highest BCUT2D eigenvalue weighted by molar-refractivity contribution is 5.52. The number of nitrogens with one attached hydrogen (secondary N) is 3. The van der Waals surface area contributed by atoms with E-state index in [4.69, 9.17) is 4.74 Å². The predicted molar refractivity (Wildman–Crippen MR) is 79.5 cm³/mol. The fourth-order valence-electron chi connectivity index (χ4n) is 3.05. The minimum atomic E-state index is -2.92. The van der Waals surface area contributed by atoms with Crippen molar-refractivity contribution >= 4 is 11.6 Å². The van der Waals surface area contributed by atoms with E-state index in [1.54, 1.807) is 6.20 Å². The molecule has 3 N–H and O–H groups in total. The monoisotopic (exact) mass is 338 g/mol. The number of H-pyrrole nitrogens is 1. The highest BCUT2D eigenvalue weighted by Gasteiger charge is 2.49. The molecule has 2 aromatic heterocycles. The number of nitrogens with zero attached hydrogens (tertiary/aromatic N) is 3. The number of hydrogen-bond acceptors (Lipinski definition) is 7. The van der Waals surface area contributed by atoms with Gasteiger partial charge >= 0.3 is 6.61 Å². The molecular formula is C14H16F2N6O2. The van der Waals surface area contributed by atoms with Crippen LogP contribution in [0.25, 0.3) is 0 Å². The number of rotatable bonds is 6. The Morgan fingerprint density at radius 3 is 2.79 bits per heavy atom. The topological polar surface area (TPSA) is 97.0 Å². The van der Waals surface area contributed by atoms with Gasteiger partial charge in [-0.25, -0.2) is 0 Å². The number of anilines is 2. The van der Waals surface area contributed by atoms with Gasteiger partial charge in [-0.05, 0) is 12.8 Å². The fourth-order valence-corrected chi connectivity index (χ4v) is 3.05. The summed E-state index contributed by atoms with van der Waals surface area (Å²) >= 11 is 0. The number of alkyl halides is 2. The minimum Gasteiger partial charge on any atom is -0.473 e. The maximum Gasteiger partial charge on any atom is 0.388 e. The van der Waals surface area contributed by atoms with Crippen molar-refractivity contribution < 1.29 is 18.3 Å². The predicted octanol–water partition coefficient (Wildman–Crippen LogP) is 1.68. The Balaban J connectivity index is 1.35. The Morgan fingerprint density at radius 2 is 2.08 bits per heavy atom. The van der Waals surface area contributed by atoms with Crippen LogP contribution in [0.1, 0.15) is 12.8 Å². The largest absolute Gasteiger partial charge is 0.473 e. The highest BCUT2D eigenvalue weighted by atomic mass is 19.3. The summed E-state index contributed by atoms with van der Waals surface area (Å²) in [5.74, 6) is 0.997. The van der Waals surface area contributed by atoms with Gasteiger partial charge in [-0.1, -0.05) is 0 Å². The standard InChI is InChI=1S/C14H16F2N6O2/c15-13(16)24-11-1-9(21-22-11)19-10-4-17-5-12(20-10)23-8-2-14(3-8)6-18-7-14/h1,4-5,8,13,18H,2-3,6-7H2,(H2,19,20,21,22). The molecule has 1 aliphatic carbocycles. The molecule has 0 atom stereocenters. The van der Waals surface area contributed by atoms with Crippen LogP contribution in [0.15, 0.2) is 18.5 Å². The normalized spacial score (nSPS) is 19.0. The zero-order valence-electron chi connectivity index (χ0n) is 12.6. The van der Waals surface area contributed by atoms with Crippen molar-refractivity contribution in [1.82, 2.24) is 25.5 Å².